The fourth-order valence-corrected chi connectivity index (χ4v) is 4.79. The monoisotopic (exact) mass is 455 g/mol. The quantitative estimate of drug-likeness (QED) is 0.516. The van der Waals surface area contributed by atoms with Crippen LogP contribution in [-0.4, -0.2) is 46.2 Å². The first-order chi connectivity index (χ1) is 15.2. The van der Waals surface area contributed by atoms with Crippen LogP contribution in [0.15, 0.2) is 40.9 Å². The SMILES string of the molecule is COc1ccc(-c2nnc(SCC(=O)Nc3sccc3C#N)n2C[C@@H]2CCCO2)cc1. The number of rotatable bonds is 8. The Bertz CT molecular complexity index is 1080. The van der Waals surface area contributed by atoms with Crippen LogP contribution in [0.1, 0.15) is 18.4 Å². The number of ether oxygens (including phenoxy) is 2. The van der Waals surface area contributed by atoms with E-state index in [1.54, 1.807) is 18.6 Å². The van der Waals surface area contributed by atoms with Crippen molar-refractivity contribution < 1.29 is 14.3 Å². The van der Waals surface area contributed by atoms with Crippen LogP contribution in [0, 0.1) is 11.3 Å². The summed E-state index contributed by atoms with van der Waals surface area (Å²) in [6, 6.07) is 11.4. The number of nitriles is 1. The van der Waals surface area contributed by atoms with Gasteiger partial charge in [-0.15, -0.1) is 21.5 Å². The molecule has 8 nitrogen and oxygen atoms in total. The van der Waals surface area contributed by atoms with Gasteiger partial charge < -0.3 is 14.8 Å². The number of amides is 1. The maximum Gasteiger partial charge on any atom is 0.235 e. The van der Waals surface area contributed by atoms with E-state index in [1.807, 2.05) is 28.8 Å². The number of methoxy groups -OCH3 is 1. The Hall–Kier alpha value is -2.87. The van der Waals surface area contributed by atoms with E-state index in [0.29, 0.717) is 22.3 Å². The van der Waals surface area contributed by atoms with Crippen LogP contribution in [-0.2, 0) is 16.1 Å². The molecule has 1 aliphatic heterocycles. The van der Waals surface area contributed by atoms with E-state index in [9.17, 15) is 4.79 Å². The normalized spacial score (nSPS) is 15.5. The summed E-state index contributed by atoms with van der Waals surface area (Å²) in [4.78, 5) is 12.4. The minimum atomic E-state index is -0.193. The van der Waals surface area contributed by atoms with Gasteiger partial charge in [0, 0.05) is 12.2 Å². The first-order valence-electron chi connectivity index (χ1n) is 9.77. The van der Waals surface area contributed by atoms with Crippen LogP contribution in [0.2, 0.25) is 0 Å². The number of thioether (sulfide) groups is 1. The number of nitrogens with zero attached hydrogens (tertiary/aromatic N) is 4. The summed E-state index contributed by atoms with van der Waals surface area (Å²) < 4.78 is 13.1. The Balaban J connectivity index is 1.51. The van der Waals surface area contributed by atoms with Gasteiger partial charge in [0.25, 0.3) is 0 Å². The number of benzene rings is 1. The van der Waals surface area contributed by atoms with Crippen molar-refractivity contribution in [2.45, 2.75) is 30.6 Å². The van der Waals surface area contributed by atoms with Crippen molar-refractivity contribution in [3.63, 3.8) is 0 Å². The van der Waals surface area contributed by atoms with Gasteiger partial charge in [-0.25, -0.2) is 0 Å². The summed E-state index contributed by atoms with van der Waals surface area (Å²) in [6.45, 7) is 1.39. The lowest BCUT2D eigenvalue weighted by atomic mass is 10.2. The summed E-state index contributed by atoms with van der Waals surface area (Å²) >= 11 is 2.65. The lowest BCUT2D eigenvalue weighted by Crippen LogP contribution is -2.18. The second kappa shape index (κ2) is 9.96. The molecule has 1 N–H and O–H groups in total. The molecule has 0 unspecified atom stereocenters. The maximum atomic E-state index is 12.4. The number of nitrogens with one attached hydrogen (secondary N) is 1. The third kappa shape index (κ3) is 5.07. The summed E-state index contributed by atoms with van der Waals surface area (Å²) in [5, 5.41) is 23.6. The Labute approximate surface area is 188 Å². The minimum absolute atomic E-state index is 0.102. The van der Waals surface area contributed by atoms with Gasteiger partial charge in [0.15, 0.2) is 11.0 Å². The number of carbonyl (C=O) groups is 1. The van der Waals surface area contributed by atoms with E-state index in [-0.39, 0.29) is 17.8 Å². The highest BCUT2D eigenvalue weighted by molar-refractivity contribution is 7.99. The van der Waals surface area contributed by atoms with Crippen LogP contribution in [0.3, 0.4) is 0 Å². The van der Waals surface area contributed by atoms with Crippen molar-refractivity contribution in [2.75, 3.05) is 24.8 Å². The van der Waals surface area contributed by atoms with Crippen LogP contribution in [0.4, 0.5) is 5.00 Å². The van der Waals surface area contributed by atoms with Crippen LogP contribution < -0.4 is 10.1 Å². The molecular weight excluding hydrogens is 434 g/mol. The predicted octanol–water partition coefficient (Wildman–Crippen LogP) is 3.80. The molecule has 31 heavy (non-hydrogen) atoms. The molecule has 10 heteroatoms. The highest BCUT2D eigenvalue weighted by atomic mass is 32.2. The molecule has 1 atom stereocenters. The number of hydrogen-bond acceptors (Lipinski definition) is 8. The lowest BCUT2D eigenvalue weighted by Gasteiger charge is -2.15. The molecule has 4 rings (SSSR count). The lowest BCUT2D eigenvalue weighted by molar-refractivity contribution is -0.113. The van der Waals surface area contributed by atoms with E-state index in [0.717, 1.165) is 36.6 Å². The van der Waals surface area contributed by atoms with Gasteiger partial charge in [-0.05, 0) is 48.6 Å². The molecule has 0 radical (unpaired) electrons. The van der Waals surface area contributed by atoms with Crippen molar-refractivity contribution in [3.8, 4) is 23.2 Å². The van der Waals surface area contributed by atoms with E-state index in [1.165, 1.54) is 23.1 Å². The minimum Gasteiger partial charge on any atom is -0.497 e. The van der Waals surface area contributed by atoms with E-state index in [4.69, 9.17) is 14.7 Å². The zero-order valence-electron chi connectivity index (χ0n) is 16.9. The van der Waals surface area contributed by atoms with Crippen LogP contribution >= 0.6 is 23.1 Å². The highest BCUT2D eigenvalue weighted by Crippen LogP contribution is 2.28. The third-order valence-electron chi connectivity index (χ3n) is 4.85. The zero-order chi connectivity index (χ0) is 21.6. The smallest absolute Gasteiger partial charge is 0.235 e. The van der Waals surface area contributed by atoms with Gasteiger partial charge in [0.1, 0.15) is 16.8 Å². The number of hydrogen-bond donors (Lipinski definition) is 1. The molecule has 160 valence electrons. The number of thiophene rings is 1. The molecule has 0 bridgehead atoms. The molecule has 1 aromatic carbocycles. The predicted molar refractivity (Wildman–Crippen MR) is 119 cm³/mol. The van der Waals surface area contributed by atoms with Crippen molar-refractivity contribution >= 4 is 34.0 Å². The van der Waals surface area contributed by atoms with Crippen LogP contribution in [0.25, 0.3) is 11.4 Å². The second-order valence-electron chi connectivity index (χ2n) is 6.89. The molecule has 1 saturated heterocycles. The van der Waals surface area contributed by atoms with E-state index < -0.39 is 0 Å². The van der Waals surface area contributed by atoms with Gasteiger partial charge >= 0.3 is 0 Å². The summed E-state index contributed by atoms with van der Waals surface area (Å²) in [5.74, 6) is 1.47. The van der Waals surface area contributed by atoms with E-state index >= 15 is 0 Å². The Morgan fingerprint density at radius 1 is 1.39 bits per heavy atom. The second-order valence-corrected chi connectivity index (χ2v) is 8.75. The molecule has 1 aliphatic rings. The molecule has 2 aromatic heterocycles. The van der Waals surface area contributed by atoms with Crippen LogP contribution in [0.5, 0.6) is 5.75 Å². The molecule has 0 spiro atoms. The topological polar surface area (TPSA) is 102 Å². The van der Waals surface area contributed by atoms with Crippen molar-refractivity contribution in [1.29, 1.82) is 5.26 Å². The van der Waals surface area contributed by atoms with Gasteiger partial charge in [0.05, 0.1) is 31.1 Å². The molecule has 1 amide bonds. The Kier molecular flexibility index (Phi) is 6.86. The average molecular weight is 456 g/mol. The van der Waals surface area contributed by atoms with Gasteiger partial charge in [-0.3, -0.25) is 9.36 Å². The molecule has 1 fully saturated rings. The van der Waals surface area contributed by atoms with Gasteiger partial charge in [-0.1, -0.05) is 11.8 Å². The van der Waals surface area contributed by atoms with Crippen molar-refractivity contribution in [2.24, 2.45) is 0 Å². The average Bonchev–Trinajstić information content (AvgIpc) is 3.54. The zero-order valence-corrected chi connectivity index (χ0v) is 18.5. The molecule has 3 aromatic rings. The van der Waals surface area contributed by atoms with Gasteiger partial charge in [0.2, 0.25) is 5.91 Å². The molecule has 0 saturated carbocycles. The van der Waals surface area contributed by atoms with Gasteiger partial charge in [-0.2, -0.15) is 5.26 Å². The highest BCUT2D eigenvalue weighted by Gasteiger charge is 2.22. The first kappa shape index (κ1) is 21.4. The van der Waals surface area contributed by atoms with Crippen molar-refractivity contribution in [3.05, 3.63) is 41.3 Å². The summed E-state index contributed by atoms with van der Waals surface area (Å²) in [7, 11) is 1.63. The number of carbonyl (C=O) groups excluding carboxylic acids is 1. The fourth-order valence-electron chi connectivity index (χ4n) is 3.29. The first-order valence-corrected chi connectivity index (χ1v) is 11.6. The molecule has 3 heterocycles. The Morgan fingerprint density at radius 2 is 2.23 bits per heavy atom. The van der Waals surface area contributed by atoms with E-state index in [2.05, 4.69) is 21.6 Å². The standard InChI is InChI=1S/C21H21N5O3S2/c1-28-16-6-4-14(5-7-16)19-24-25-21(26(19)12-17-3-2-9-29-17)31-13-18(27)23-20-15(11-22)8-10-30-20/h4-8,10,17H,2-3,9,12-13H2,1H3,(H,23,27)/t17-/m0/s1. The maximum absolute atomic E-state index is 12.4. The summed E-state index contributed by atoms with van der Waals surface area (Å²) in [6.07, 6.45) is 2.13. The number of anilines is 1. The number of aromatic nitrogens is 3. The fraction of sp³-hybridized carbons (Fsp3) is 0.333. The largest absolute Gasteiger partial charge is 0.497 e. The molecule has 0 aliphatic carbocycles. The Morgan fingerprint density at radius 3 is 2.94 bits per heavy atom. The molecular formula is C21H21N5O3S2. The van der Waals surface area contributed by atoms with Crippen molar-refractivity contribution in [1.82, 2.24) is 14.8 Å². The third-order valence-corrected chi connectivity index (χ3v) is 6.64. The summed E-state index contributed by atoms with van der Waals surface area (Å²) in [5.41, 5.74) is 1.38.